The molecule has 108 valence electrons. The van der Waals surface area contributed by atoms with Crippen LogP contribution in [0.2, 0.25) is 0 Å². The third-order valence-corrected chi connectivity index (χ3v) is 4.23. The maximum Gasteiger partial charge on any atom is 0.251 e. The van der Waals surface area contributed by atoms with E-state index in [0.717, 1.165) is 0 Å². The molecule has 0 bridgehead atoms. The Balaban J connectivity index is 1.94. The number of carbonyl (C=O) groups excluding carboxylic acids is 2. The zero-order valence-electron chi connectivity index (χ0n) is 11.9. The van der Waals surface area contributed by atoms with E-state index >= 15 is 0 Å². The second kappa shape index (κ2) is 3.74. The van der Waals surface area contributed by atoms with Crippen LogP contribution in [0.4, 0.5) is 0 Å². The summed E-state index contributed by atoms with van der Waals surface area (Å²) in [5.74, 6) is -1.89. The second-order valence-electron chi connectivity index (χ2n) is 5.24. The highest BCUT2D eigenvalue weighted by Gasteiger charge is 2.65. The van der Waals surface area contributed by atoms with Gasteiger partial charge in [-0.05, 0) is 0 Å². The summed E-state index contributed by atoms with van der Waals surface area (Å²) >= 11 is 0. The van der Waals surface area contributed by atoms with Gasteiger partial charge in [0.2, 0.25) is 11.8 Å². The number of hydrogen-bond donors (Lipinski definition) is 2. The van der Waals surface area contributed by atoms with Crippen LogP contribution in [0.25, 0.3) is 0 Å². The molecule has 2 N–H and O–H groups in total. The molecule has 3 aliphatic rings. The fourth-order valence-corrected chi connectivity index (χ4v) is 2.76. The van der Waals surface area contributed by atoms with Gasteiger partial charge in [-0.1, -0.05) is 0 Å². The summed E-state index contributed by atoms with van der Waals surface area (Å²) in [4.78, 5) is 30.6. The smallest absolute Gasteiger partial charge is 0.251 e. The largest absolute Gasteiger partial charge is 0.333 e. The van der Waals surface area contributed by atoms with Crippen molar-refractivity contribution in [2.24, 2.45) is 0 Å². The molecule has 0 radical (unpaired) electrons. The molecule has 0 unspecified atom stereocenters. The highest BCUT2D eigenvalue weighted by Crippen LogP contribution is 2.34. The maximum absolute atomic E-state index is 11.9. The zero-order chi connectivity index (χ0) is 14.7. The maximum atomic E-state index is 11.9. The van der Waals surface area contributed by atoms with Crippen LogP contribution in [-0.4, -0.2) is 71.4 Å². The number of carbonyl (C=O) groups is 2. The SMILES string of the molecule is CN1C=CC(=O)N(C)C12NC1(N2)N(C)C=CC(=O)N1C. The monoisotopic (exact) mass is 278 g/mol. The third kappa shape index (κ3) is 1.32. The molecule has 3 aliphatic heterocycles. The summed E-state index contributed by atoms with van der Waals surface area (Å²) in [6.45, 7) is 0. The lowest BCUT2D eigenvalue weighted by Crippen LogP contribution is -3.00. The van der Waals surface area contributed by atoms with E-state index < -0.39 is 11.8 Å². The topological polar surface area (TPSA) is 71.2 Å². The number of rotatable bonds is 0. The molecule has 0 aromatic rings. The Morgan fingerprint density at radius 3 is 1.50 bits per heavy atom. The van der Waals surface area contributed by atoms with E-state index in [1.165, 1.54) is 12.2 Å². The lowest BCUT2D eigenvalue weighted by Gasteiger charge is -2.68. The average Bonchev–Trinajstić information content (AvgIpc) is 2.37. The highest BCUT2D eigenvalue weighted by molar-refractivity contribution is 5.90. The summed E-state index contributed by atoms with van der Waals surface area (Å²) in [6.07, 6.45) is 6.41. The molecule has 3 rings (SSSR count). The number of likely N-dealkylation sites (N-methyl/N-ethyl adjacent to an activating group) is 2. The van der Waals surface area contributed by atoms with Gasteiger partial charge in [-0.15, -0.1) is 0 Å². The van der Waals surface area contributed by atoms with Gasteiger partial charge >= 0.3 is 0 Å². The lowest BCUT2D eigenvalue weighted by atomic mass is 10.1. The van der Waals surface area contributed by atoms with Crippen LogP contribution in [-0.2, 0) is 9.59 Å². The molecule has 8 nitrogen and oxygen atoms in total. The molecular weight excluding hydrogens is 260 g/mol. The van der Waals surface area contributed by atoms with Gasteiger partial charge in [0.1, 0.15) is 0 Å². The van der Waals surface area contributed by atoms with Crippen molar-refractivity contribution < 1.29 is 9.59 Å². The number of hydrogen-bond acceptors (Lipinski definition) is 6. The quantitative estimate of drug-likeness (QED) is 0.547. The number of nitrogens with one attached hydrogen (secondary N) is 2. The summed E-state index contributed by atoms with van der Waals surface area (Å²) in [5, 5.41) is 6.64. The second-order valence-corrected chi connectivity index (χ2v) is 5.24. The third-order valence-electron chi connectivity index (χ3n) is 4.23. The van der Waals surface area contributed by atoms with E-state index in [4.69, 9.17) is 0 Å². The molecule has 1 fully saturated rings. The van der Waals surface area contributed by atoms with Gasteiger partial charge in [-0.3, -0.25) is 19.4 Å². The predicted octanol–water partition coefficient (Wildman–Crippen LogP) is -1.76. The Kier molecular flexibility index (Phi) is 2.42. The molecule has 0 atom stereocenters. The normalized spacial score (nSPS) is 36.4. The minimum atomic E-state index is -0.834. The van der Waals surface area contributed by atoms with Gasteiger partial charge in [0, 0.05) is 52.7 Å². The van der Waals surface area contributed by atoms with Crippen molar-refractivity contribution >= 4 is 11.8 Å². The molecular formula is C12H18N6O2. The fraction of sp³-hybridized carbons (Fsp3) is 0.500. The number of amides is 2. The molecule has 0 saturated carbocycles. The van der Waals surface area contributed by atoms with Crippen molar-refractivity contribution in [3.8, 4) is 0 Å². The van der Waals surface area contributed by atoms with Crippen LogP contribution >= 0.6 is 0 Å². The van der Waals surface area contributed by atoms with Gasteiger partial charge in [0.15, 0.2) is 0 Å². The summed E-state index contributed by atoms with van der Waals surface area (Å²) < 4.78 is 0. The first-order valence-corrected chi connectivity index (χ1v) is 6.30. The van der Waals surface area contributed by atoms with Crippen molar-refractivity contribution in [1.82, 2.24) is 30.2 Å². The van der Waals surface area contributed by atoms with Crippen LogP contribution in [0, 0.1) is 0 Å². The molecule has 2 amide bonds. The van der Waals surface area contributed by atoms with Gasteiger partial charge < -0.3 is 9.80 Å². The summed E-state index contributed by atoms with van der Waals surface area (Å²) in [5.41, 5.74) is 0. The van der Waals surface area contributed by atoms with E-state index in [-0.39, 0.29) is 11.8 Å². The minimum Gasteiger partial charge on any atom is -0.333 e. The van der Waals surface area contributed by atoms with Gasteiger partial charge in [-0.2, -0.15) is 0 Å². The van der Waals surface area contributed by atoms with E-state index in [1.54, 1.807) is 36.3 Å². The van der Waals surface area contributed by atoms with Crippen molar-refractivity contribution in [3.05, 3.63) is 24.6 Å². The van der Waals surface area contributed by atoms with Gasteiger partial charge in [-0.25, -0.2) is 10.6 Å². The molecule has 8 heteroatoms. The molecule has 0 aromatic carbocycles. The van der Waals surface area contributed by atoms with Crippen molar-refractivity contribution in [3.63, 3.8) is 0 Å². The predicted molar refractivity (Wildman–Crippen MR) is 71.1 cm³/mol. The molecule has 0 aliphatic carbocycles. The van der Waals surface area contributed by atoms with Crippen molar-refractivity contribution in [2.75, 3.05) is 28.2 Å². The van der Waals surface area contributed by atoms with Crippen LogP contribution in [0.3, 0.4) is 0 Å². The van der Waals surface area contributed by atoms with E-state index in [1.807, 2.05) is 23.9 Å². The Morgan fingerprint density at radius 1 is 0.800 bits per heavy atom. The Labute approximate surface area is 117 Å². The Hall–Kier alpha value is -2.06. The van der Waals surface area contributed by atoms with Crippen LogP contribution in [0.15, 0.2) is 24.6 Å². The molecule has 2 spiro atoms. The first-order valence-electron chi connectivity index (χ1n) is 6.30. The van der Waals surface area contributed by atoms with E-state index in [9.17, 15) is 9.59 Å². The van der Waals surface area contributed by atoms with Crippen LogP contribution in [0.1, 0.15) is 0 Å². The van der Waals surface area contributed by atoms with Gasteiger partial charge in [0.25, 0.3) is 11.8 Å². The van der Waals surface area contributed by atoms with E-state index in [2.05, 4.69) is 10.6 Å². The molecule has 3 heterocycles. The Bertz CT molecular complexity index is 490. The van der Waals surface area contributed by atoms with Crippen molar-refractivity contribution in [1.29, 1.82) is 0 Å². The Morgan fingerprint density at radius 2 is 1.15 bits per heavy atom. The highest BCUT2D eigenvalue weighted by atomic mass is 16.2. The summed E-state index contributed by atoms with van der Waals surface area (Å²) in [7, 11) is 7.12. The first kappa shape index (κ1) is 12.9. The van der Waals surface area contributed by atoms with E-state index in [0.29, 0.717) is 0 Å². The minimum absolute atomic E-state index is 0.110. The molecule has 1 saturated heterocycles. The van der Waals surface area contributed by atoms with Gasteiger partial charge in [0.05, 0.1) is 0 Å². The fourth-order valence-electron chi connectivity index (χ4n) is 2.76. The van der Waals surface area contributed by atoms with Crippen LogP contribution in [0.5, 0.6) is 0 Å². The summed E-state index contributed by atoms with van der Waals surface area (Å²) in [6, 6.07) is 0. The lowest BCUT2D eigenvalue weighted by molar-refractivity contribution is -0.268. The molecule has 0 aromatic heterocycles. The number of nitrogens with zero attached hydrogens (tertiary/aromatic N) is 4. The van der Waals surface area contributed by atoms with Crippen LogP contribution < -0.4 is 10.6 Å². The molecule has 20 heavy (non-hydrogen) atoms. The standard InChI is InChI=1S/C12H18N6O2/c1-15-7-5-9(19)17(3)11(15)13-12(14-11)16(2)8-6-10(20)18(12)4/h5-8,13-14H,1-4H3. The average molecular weight is 278 g/mol. The zero-order valence-corrected chi connectivity index (χ0v) is 11.9. The van der Waals surface area contributed by atoms with Crippen molar-refractivity contribution in [2.45, 2.75) is 11.8 Å². The first-order chi connectivity index (χ1) is 9.33.